The van der Waals surface area contributed by atoms with E-state index in [-0.39, 0.29) is 18.4 Å². The largest absolute Gasteiger partial charge is 0.294 e. The van der Waals surface area contributed by atoms with Crippen molar-refractivity contribution >= 4 is 23.4 Å². The topological polar surface area (TPSA) is 62.3 Å². The van der Waals surface area contributed by atoms with Crippen LogP contribution in [0, 0.1) is 0 Å². The van der Waals surface area contributed by atoms with Gasteiger partial charge in [0.15, 0.2) is 0 Å². The summed E-state index contributed by atoms with van der Waals surface area (Å²) in [6.07, 6.45) is 1.60. The number of pyridine rings is 1. The number of hydrogen-bond acceptors (Lipinski definition) is 4. The first-order chi connectivity index (χ1) is 8.41. The summed E-state index contributed by atoms with van der Waals surface area (Å²) in [7, 11) is 0. The van der Waals surface area contributed by atoms with Gasteiger partial charge in [-0.05, 0) is 19.9 Å². The molecule has 0 aromatic carbocycles. The molecule has 1 fully saturated rings. The summed E-state index contributed by atoms with van der Waals surface area (Å²) in [5.41, 5.74) is 0.0577. The van der Waals surface area contributed by atoms with E-state index < -0.39 is 5.54 Å². The van der Waals surface area contributed by atoms with E-state index in [0.29, 0.717) is 11.7 Å². The Morgan fingerprint density at radius 1 is 1.50 bits per heavy atom. The molecule has 1 aliphatic rings. The number of halogens is 1. The number of piperazine rings is 1. The Labute approximate surface area is 110 Å². The van der Waals surface area contributed by atoms with Crippen molar-refractivity contribution in [3.8, 4) is 0 Å². The Morgan fingerprint density at radius 2 is 2.22 bits per heavy atom. The van der Waals surface area contributed by atoms with Gasteiger partial charge in [-0.25, -0.2) is 4.98 Å². The van der Waals surface area contributed by atoms with Crippen LogP contribution in [0.5, 0.6) is 0 Å². The molecule has 0 atom stereocenters. The molecule has 6 heteroatoms. The van der Waals surface area contributed by atoms with Crippen molar-refractivity contribution in [1.82, 2.24) is 15.2 Å². The lowest BCUT2D eigenvalue weighted by atomic mass is 9.98. The number of hydrogen-bond donors (Lipinski definition) is 1. The van der Waals surface area contributed by atoms with E-state index in [1.54, 1.807) is 31.0 Å². The van der Waals surface area contributed by atoms with E-state index in [1.165, 1.54) is 0 Å². The third-order valence-electron chi connectivity index (χ3n) is 3.13. The highest BCUT2D eigenvalue weighted by molar-refractivity contribution is 6.30. The van der Waals surface area contributed by atoms with Crippen LogP contribution in [0.2, 0.25) is 5.15 Å². The van der Waals surface area contributed by atoms with E-state index in [9.17, 15) is 9.59 Å². The van der Waals surface area contributed by atoms with Crippen molar-refractivity contribution in [2.45, 2.75) is 25.9 Å². The van der Waals surface area contributed by atoms with Crippen molar-refractivity contribution in [1.29, 1.82) is 0 Å². The smallest absolute Gasteiger partial charge is 0.246 e. The second-order valence-corrected chi connectivity index (χ2v) is 5.10. The molecule has 0 spiro atoms. The molecule has 2 rings (SSSR count). The fraction of sp³-hybridized carbons (Fsp3) is 0.417. The van der Waals surface area contributed by atoms with Crippen LogP contribution in [-0.2, 0) is 16.1 Å². The van der Waals surface area contributed by atoms with E-state index >= 15 is 0 Å². The van der Waals surface area contributed by atoms with Crippen LogP contribution in [0.4, 0.5) is 0 Å². The number of carbonyl (C=O) groups excluding carboxylic acids is 2. The molecular formula is C12H14ClN3O2. The number of carbonyl (C=O) groups is 2. The van der Waals surface area contributed by atoms with Crippen LogP contribution in [0.1, 0.15) is 19.4 Å². The Kier molecular flexibility index (Phi) is 3.36. The van der Waals surface area contributed by atoms with Gasteiger partial charge in [0.05, 0.1) is 12.1 Å². The lowest BCUT2D eigenvalue weighted by Gasteiger charge is -2.40. The third-order valence-corrected chi connectivity index (χ3v) is 3.47. The number of imide groups is 1. The summed E-state index contributed by atoms with van der Waals surface area (Å²) in [5.74, 6) is -0.585. The van der Waals surface area contributed by atoms with Crippen molar-refractivity contribution in [3.63, 3.8) is 0 Å². The average Bonchev–Trinajstić information content (AvgIpc) is 2.29. The molecule has 0 aliphatic carbocycles. The summed E-state index contributed by atoms with van der Waals surface area (Å²) >= 11 is 5.99. The molecule has 5 nitrogen and oxygen atoms in total. The van der Waals surface area contributed by atoms with E-state index in [1.807, 2.05) is 6.07 Å². The van der Waals surface area contributed by atoms with Crippen LogP contribution in [0.15, 0.2) is 18.3 Å². The number of nitrogens with one attached hydrogen (secondary N) is 1. The highest BCUT2D eigenvalue weighted by Crippen LogP contribution is 2.23. The van der Waals surface area contributed by atoms with Gasteiger partial charge in [0.25, 0.3) is 0 Å². The molecule has 1 saturated heterocycles. The zero-order valence-corrected chi connectivity index (χ0v) is 11.0. The van der Waals surface area contributed by atoms with Gasteiger partial charge in [-0.2, -0.15) is 0 Å². The molecule has 1 aliphatic heterocycles. The van der Waals surface area contributed by atoms with Gasteiger partial charge in [-0.15, -0.1) is 0 Å². The zero-order chi connectivity index (χ0) is 13.3. The number of amides is 2. The maximum Gasteiger partial charge on any atom is 0.246 e. The number of rotatable bonds is 2. The SMILES string of the molecule is CC1(C)C(=O)NC(=O)CN1Cc1cccnc1Cl. The summed E-state index contributed by atoms with van der Waals surface area (Å²) < 4.78 is 0. The first kappa shape index (κ1) is 13.0. The third kappa shape index (κ3) is 2.37. The predicted molar refractivity (Wildman–Crippen MR) is 66.9 cm³/mol. The average molecular weight is 268 g/mol. The predicted octanol–water partition coefficient (Wildman–Crippen LogP) is 0.972. The lowest BCUT2D eigenvalue weighted by molar-refractivity contribution is -0.145. The Hall–Kier alpha value is -1.46. The molecule has 2 heterocycles. The molecular weight excluding hydrogens is 254 g/mol. The van der Waals surface area contributed by atoms with Crippen LogP contribution in [0.3, 0.4) is 0 Å². The number of aromatic nitrogens is 1. The van der Waals surface area contributed by atoms with Gasteiger partial charge < -0.3 is 0 Å². The molecule has 18 heavy (non-hydrogen) atoms. The summed E-state index contributed by atoms with van der Waals surface area (Å²) in [5, 5.41) is 2.73. The van der Waals surface area contributed by atoms with Gasteiger partial charge in [0, 0.05) is 18.3 Å². The maximum absolute atomic E-state index is 11.8. The molecule has 1 aromatic heterocycles. The fourth-order valence-corrected chi connectivity index (χ4v) is 2.01. The Balaban J connectivity index is 2.24. The standard InChI is InChI=1S/C12H14ClN3O2/c1-12(2)11(18)15-9(17)7-16(12)6-8-4-3-5-14-10(8)13/h3-5H,6-7H2,1-2H3,(H,15,17,18). The van der Waals surface area contributed by atoms with Gasteiger partial charge >= 0.3 is 0 Å². The molecule has 0 radical (unpaired) electrons. The molecule has 1 N–H and O–H groups in total. The molecule has 1 aromatic rings. The monoisotopic (exact) mass is 267 g/mol. The molecule has 96 valence electrons. The minimum atomic E-state index is -0.743. The maximum atomic E-state index is 11.8. The second kappa shape index (κ2) is 4.66. The Bertz CT molecular complexity index is 502. The van der Waals surface area contributed by atoms with Gasteiger partial charge in [-0.1, -0.05) is 17.7 Å². The van der Waals surface area contributed by atoms with E-state index in [2.05, 4.69) is 10.3 Å². The van der Waals surface area contributed by atoms with E-state index in [4.69, 9.17) is 11.6 Å². The number of nitrogens with zero attached hydrogens (tertiary/aromatic N) is 2. The Morgan fingerprint density at radius 3 is 2.89 bits per heavy atom. The second-order valence-electron chi connectivity index (χ2n) is 4.75. The van der Waals surface area contributed by atoms with Crippen molar-refractivity contribution in [2.75, 3.05) is 6.54 Å². The summed E-state index contributed by atoms with van der Waals surface area (Å²) in [6, 6.07) is 3.61. The first-order valence-electron chi connectivity index (χ1n) is 5.60. The lowest BCUT2D eigenvalue weighted by Crippen LogP contribution is -2.63. The van der Waals surface area contributed by atoms with Crippen molar-refractivity contribution in [2.24, 2.45) is 0 Å². The van der Waals surface area contributed by atoms with Crippen LogP contribution < -0.4 is 5.32 Å². The van der Waals surface area contributed by atoms with Crippen LogP contribution in [-0.4, -0.2) is 33.8 Å². The molecule has 2 amide bonds. The molecule has 0 bridgehead atoms. The normalized spacial score (nSPS) is 19.7. The summed E-state index contributed by atoms with van der Waals surface area (Å²) in [6.45, 7) is 4.14. The highest BCUT2D eigenvalue weighted by Gasteiger charge is 2.40. The fourth-order valence-electron chi connectivity index (χ4n) is 1.83. The molecule has 0 saturated carbocycles. The molecule has 0 unspecified atom stereocenters. The van der Waals surface area contributed by atoms with Crippen molar-refractivity contribution in [3.05, 3.63) is 29.0 Å². The summed E-state index contributed by atoms with van der Waals surface area (Å²) in [4.78, 5) is 29.0. The van der Waals surface area contributed by atoms with E-state index in [0.717, 1.165) is 5.56 Å². The highest BCUT2D eigenvalue weighted by atomic mass is 35.5. The zero-order valence-electron chi connectivity index (χ0n) is 10.2. The quantitative estimate of drug-likeness (QED) is 0.641. The van der Waals surface area contributed by atoms with Gasteiger partial charge in [-0.3, -0.25) is 19.8 Å². The van der Waals surface area contributed by atoms with Gasteiger partial charge in [0.1, 0.15) is 5.15 Å². The van der Waals surface area contributed by atoms with Crippen LogP contribution >= 0.6 is 11.6 Å². The minimum Gasteiger partial charge on any atom is -0.294 e. The first-order valence-corrected chi connectivity index (χ1v) is 5.98. The van der Waals surface area contributed by atoms with Crippen molar-refractivity contribution < 1.29 is 9.59 Å². The van der Waals surface area contributed by atoms with Gasteiger partial charge in [0.2, 0.25) is 11.8 Å². The van der Waals surface area contributed by atoms with Crippen LogP contribution in [0.25, 0.3) is 0 Å². The minimum absolute atomic E-state index is 0.171.